The SMILES string of the molecule is CCN(c1cccc2cc(-c3ncc(COc4ccc(C(=O)O)cc4)s3)[nH]c12)S(=O)(=O)c1cccs1. The zero-order valence-electron chi connectivity index (χ0n) is 19.0. The Balaban J connectivity index is 1.39. The van der Waals surface area contributed by atoms with Crippen LogP contribution in [0.5, 0.6) is 5.75 Å². The van der Waals surface area contributed by atoms with Crippen LogP contribution >= 0.6 is 22.7 Å². The Morgan fingerprint density at radius 1 is 1.14 bits per heavy atom. The number of thiophene rings is 1. The van der Waals surface area contributed by atoms with Crippen LogP contribution in [0.1, 0.15) is 22.2 Å². The van der Waals surface area contributed by atoms with Crippen LogP contribution in [0, 0.1) is 0 Å². The molecule has 0 amide bonds. The second-order valence-electron chi connectivity index (χ2n) is 7.78. The molecular formula is C25H21N3O5S3. The number of nitrogens with zero attached hydrogens (tertiary/aromatic N) is 2. The van der Waals surface area contributed by atoms with E-state index < -0.39 is 16.0 Å². The van der Waals surface area contributed by atoms with Gasteiger partial charge in [0.15, 0.2) is 0 Å². The third kappa shape index (κ3) is 4.60. The number of thiazole rings is 1. The number of ether oxygens (including phenoxy) is 1. The van der Waals surface area contributed by atoms with Crippen LogP contribution in [0.4, 0.5) is 5.69 Å². The van der Waals surface area contributed by atoms with Crippen molar-refractivity contribution >= 4 is 55.3 Å². The maximum atomic E-state index is 13.3. The van der Waals surface area contributed by atoms with Gasteiger partial charge >= 0.3 is 5.97 Å². The highest BCUT2D eigenvalue weighted by Gasteiger charge is 2.26. The average molecular weight is 540 g/mol. The van der Waals surface area contributed by atoms with E-state index >= 15 is 0 Å². The number of carboxylic acid groups (broad SMARTS) is 1. The smallest absolute Gasteiger partial charge is 0.335 e. The van der Waals surface area contributed by atoms with E-state index in [4.69, 9.17) is 9.84 Å². The van der Waals surface area contributed by atoms with Gasteiger partial charge in [0.1, 0.15) is 21.6 Å². The normalized spacial score (nSPS) is 11.6. The fourth-order valence-electron chi connectivity index (χ4n) is 3.80. The van der Waals surface area contributed by atoms with Crippen molar-refractivity contribution in [2.45, 2.75) is 17.7 Å². The number of aromatic carboxylic acids is 1. The van der Waals surface area contributed by atoms with E-state index in [2.05, 4.69) is 9.97 Å². The van der Waals surface area contributed by atoms with Gasteiger partial charge in [0.25, 0.3) is 10.0 Å². The molecule has 3 aromatic heterocycles. The van der Waals surface area contributed by atoms with Gasteiger partial charge in [0, 0.05) is 18.1 Å². The lowest BCUT2D eigenvalue weighted by Gasteiger charge is -2.22. The summed E-state index contributed by atoms with van der Waals surface area (Å²) in [4.78, 5) is 19.8. The highest BCUT2D eigenvalue weighted by atomic mass is 32.2. The summed E-state index contributed by atoms with van der Waals surface area (Å²) in [6, 6.07) is 17.1. The summed E-state index contributed by atoms with van der Waals surface area (Å²) in [5, 5.41) is 12.4. The van der Waals surface area contributed by atoms with E-state index in [-0.39, 0.29) is 12.2 Å². The maximum absolute atomic E-state index is 13.3. The molecule has 0 aliphatic heterocycles. The third-order valence-electron chi connectivity index (χ3n) is 5.50. The molecule has 0 unspecified atom stereocenters. The van der Waals surface area contributed by atoms with Gasteiger partial charge in [0.2, 0.25) is 0 Å². The number of carbonyl (C=O) groups is 1. The molecule has 0 atom stereocenters. The van der Waals surface area contributed by atoms with E-state index in [1.165, 1.54) is 39.1 Å². The number of sulfonamides is 1. The van der Waals surface area contributed by atoms with Crippen molar-refractivity contribution in [3.8, 4) is 16.5 Å². The molecule has 2 N–H and O–H groups in total. The molecular weight excluding hydrogens is 518 g/mol. The van der Waals surface area contributed by atoms with Gasteiger partial charge in [0.05, 0.1) is 27.3 Å². The summed E-state index contributed by atoms with van der Waals surface area (Å²) < 4.78 is 34.0. The van der Waals surface area contributed by atoms with E-state index in [1.807, 2.05) is 25.1 Å². The number of nitrogens with one attached hydrogen (secondary N) is 1. The second kappa shape index (κ2) is 9.76. The molecule has 5 rings (SSSR count). The minimum absolute atomic E-state index is 0.199. The molecule has 0 saturated carbocycles. The fourth-order valence-corrected chi connectivity index (χ4v) is 7.19. The maximum Gasteiger partial charge on any atom is 0.335 e. The number of fused-ring (bicyclic) bond motifs is 1. The number of anilines is 1. The first-order valence-electron chi connectivity index (χ1n) is 11.0. The molecule has 0 spiro atoms. The van der Waals surface area contributed by atoms with Gasteiger partial charge in [-0.1, -0.05) is 18.2 Å². The topological polar surface area (TPSA) is 113 Å². The van der Waals surface area contributed by atoms with Gasteiger partial charge < -0.3 is 14.8 Å². The Hall–Kier alpha value is -3.67. The van der Waals surface area contributed by atoms with Crippen LogP contribution in [0.15, 0.2) is 76.4 Å². The van der Waals surface area contributed by atoms with Crippen LogP contribution in [0.25, 0.3) is 21.6 Å². The Morgan fingerprint density at radius 2 is 1.94 bits per heavy atom. The molecule has 36 heavy (non-hydrogen) atoms. The molecule has 0 aliphatic carbocycles. The van der Waals surface area contributed by atoms with Crippen molar-refractivity contribution in [1.29, 1.82) is 0 Å². The number of aromatic amines is 1. The summed E-state index contributed by atoms with van der Waals surface area (Å²) in [6.07, 6.45) is 1.73. The molecule has 2 aromatic carbocycles. The first kappa shape index (κ1) is 24.0. The average Bonchev–Trinajstić information content (AvgIpc) is 3.64. The Bertz CT molecular complexity index is 1620. The molecule has 0 saturated heterocycles. The van der Waals surface area contributed by atoms with Crippen molar-refractivity contribution in [1.82, 2.24) is 9.97 Å². The largest absolute Gasteiger partial charge is 0.488 e. The molecule has 0 bridgehead atoms. The molecule has 5 aromatic rings. The van der Waals surface area contributed by atoms with Crippen molar-refractivity contribution in [3.63, 3.8) is 0 Å². The molecule has 0 fully saturated rings. The number of hydrogen-bond acceptors (Lipinski definition) is 7. The Morgan fingerprint density at radius 3 is 2.64 bits per heavy atom. The monoisotopic (exact) mass is 539 g/mol. The summed E-state index contributed by atoms with van der Waals surface area (Å²) >= 11 is 2.66. The number of carboxylic acids is 1. The summed E-state index contributed by atoms with van der Waals surface area (Å²) in [7, 11) is -3.68. The number of para-hydroxylation sites is 1. The summed E-state index contributed by atoms with van der Waals surface area (Å²) in [5.41, 5.74) is 2.29. The van der Waals surface area contributed by atoms with Gasteiger partial charge in [-0.15, -0.1) is 22.7 Å². The van der Waals surface area contributed by atoms with E-state index in [9.17, 15) is 13.2 Å². The quantitative estimate of drug-likeness (QED) is 0.243. The molecule has 184 valence electrons. The van der Waals surface area contributed by atoms with Gasteiger partial charge in [-0.05, 0) is 54.8 Å². The Kier molecular flexibility index (Phi) is 6.52. The minimum atomic E-state index is -3.68. The first-order chi connectivity index (χ1) is 17.4. The molecule has 0 aliphatic rings. The van der Waals surface area contributed by atoms with E-state index in [0.29, 0.717) is 22.2 Å². The number of benzene rings is 2. The lowest BCUT2D eigenvalue weighted by atomic mass is 10.2. The van der Waals surface area contributed by atoms with E-state index in [0.717, 1.165) is 26.5 Å². The predicted molar refractivity (Wildman–Crippen MR) is 142 cm³/mol. The van der Waals surface area contributed by atoms with Crippen molar-refractivity contribution in [2.24, 2.45) is 0 Å². The lowest BCUT2D eigenvalue weighted by Crippen LogP contribution is -2.30. The minimum Gasteiger partial charge on any atom is -0.488 e. The van der Waals surface area contributed by atoms with Crippen molar-refractivity contribution < 1.29 is 23.1 Å². The van der Waals surface area contributed by atoms with Crippen LogP contribution in [0.3, 0.4) is 0 Å². The van der Waals surface area contributed by atoms with Crippen LogP contribution in [0.2, 0.25) is 0 Å². The zero-order valence-corrected chi connectivity index (χ0v) is 21.5. The number of aromatic nitrogens is 2. The number of rotatable bonds is 9. The third-order valence-corrected chi connectivity index (χ3v) is 9.76. The van der Waals surface area contributed by atoms with Crippen LogP contribution < -0.4 is 9.04 Å². The van der Waals surface area contributed by atoms with Crippen LogP contribution in [-0.4, -0.2) is 36.0 Å². The van der Waals surface area contributed by atoms with Crippen LogP contribution in [-0.2, 0) is 16.6 Å². The van der Waals surface area contributed by atoms with Gasteiger partial charge in [-0.25, -0.2) is 18.2 Å². The highest BCUT2D eigenvalue weighted by Crippen LogP contribution is 2.35. The standard InChI is InChI=1S/C25H21N3O5S3/c1-2-28(36(31,32)22-7-4-12-34-22)21-6-3-5-17-13-20(27-23(17)21)24-26-14-19(35-24)15-33-18-10-8-16(9-11-18)25(29)30/h3-14,27H,2,15H2,1H3,(H,29,30). The van der Waals surface area contributed by atoms with Crippen molar-refractivity contribution in [3.05, 3.63) is 82.7 Å². The fraction of sp³-hybridized carbons (Fsp3) is 0.120. The van der Waals surface area contributed by atoms with Crippen molar-refractivity contribution in [2.75, 3.05) is 10.8 Å². The lowest BCUT2D eigenvalue weighted by molar-refractivity contribution is 0.0697. The summed E-state index contributed by atoms with van der Waals surface area (Å²) in [5.74, 6) is -0.418. The molecule has 8 nitrogen and oxygen atoms in total. The number of hydrogen-bond donors (Lipinski definition) is 2. The molecule has 3 heterocycles. The van der Waals surface area contributed by atoms with E-state index in [1.54, 1.807) is 41.9 Å². The Labute approximate surface area is 215 Å². The zero-order chi connectivity index (χ0) is 25.3. The number of H-pyrrole nitrogens is 1. The molecule has 11 heteroatoms. The summed E-state index contributed by atoms with van der Waals surface area (Å²) in [6.45, 7) is 2.40. The highest BCUT2D eigenvalue weighted by molar-refractivity contribution is 7.94. The first-order valence-corrected chi connectivity index (χ1v) is 14.1. The van der Waals surface area contributed by atoms with Gasteiger partial charge in [-0.3, -0.25) is 4.31 Å². The predicted octanol–water partition coefficient (Wildman–Crippen LogP) is 5.85. The van der Waals surface area contributed by atoms with Gasteiger partial charge in [-0.2, -0.15) is 0 Å². The second-order valence-corrected chi connectivity index (χ2v) is 11.9. The molecule has 0 radical (unpaired) electrons.